The van der Waals surface area contributed by atoms with Gasteiger partial charge in [-0.1, -0.05) is 30.3 Å². The Morgan fingerprint density at radius 3 is 2.64 bits per heavy atom. The maximum atomic E-state index is 12.2. The van der Waals surface area contributed by atoms with Crippen LogP contribution < -0.4 is 16.0 Å². The molecule has 0 saturated carbocycles. The summed E-state index contributed by atoms with van der Waals surface area (Å²) in [7, 11) is 0. The van der Waals surface area contributed by atoms with Gasteiger partial charge in [-0.15, -0.1) is 0 Å². The SMILES string of the molecule is Nc1nc2c(nc(OCc3ccccc3)n2[C@@H]2O[C@H](CO)[C@H](O)[C@H]2O)c(=O)[nH]1. The fraction of sp³-hybridized carbons (Fsp3) is 0.353. The summed E-state index contributed by atoms with van der Waals surface area (Å²) < 4.78 is 12.6. The Labute approximate surface area is 158 Å². The van der Waals surface area contributed by atoms with E-state index in [0.29, 0.717) is 0 Å². The lowest BCUT2D eigenvalue weighted by molar-refractivity contribution is -0.0545. The van der Waals surface area contributed by atoms with E-state index in [0.717, 1.165) is 5.56 Å². The van der Waals surface area contributed by atoms with E-state index < -0.39 is 36.7 Å². The first-order valence-corrected chi connectivity index (χ1v) is 8.56. The molecule has 0 unspecified atom stereocenters. The second-order valence-corrected chi connectivity index (χ2v) is 6.39. The Balaban J connectivity index is 1.79. The van der Waals surface area contributed by atoms with E-state index in [1.165, 1.54) is 4.57 Å². The first-order chi connectivity index (χ1) is 13.5. The van der Waals surface area contributed by atoms with Crippen LogP contribution in [0.4, 0.5) is 5.95 Å². The van der Waals surface area contributed by atoms with Crippen molar-refractivity contribution in [3.63, 3.8) is 0 Å². The van der Waals surface area contributed by atoms with E-state index in [1.807, 2.05) is 30.3 Å². The monoisotopic (exact) mass is 389 g/mol. The van der Waals surface area contributed by atoms with Crippen molar-refractivity contribution in [2.24, 2.45) is 0 Å². The minimum atomic E-state index is -1.41. The van der Waals surface area contributed by atoms with Crippen LogP contribution in [0.25, 0.3) is 11.2 Å². The van der Waals surface area contributed by atoms with Crippen LogP contribution in [0.5, 0.6) is 6.01 Å². The van der Waals surface area contributed by atoms with Crippen LogP contribution in [-0.4, -0.2) is 59.8 Å². The molecule has 148 valence electrons. The number of nitrogens with zero attached hydrogens (tertiary/aromatic N) is 3. The number of H-pyrrole nitrogens is 1. The summed E-state index contributed by atoms with van der Waals surface area (Å²) in [5.41, 5.74) is 5.87. The second-order valence-electron chi connectivity index (χ2n) is 6.39. The Morgan fingerprint density at radius 1 is 1.21 bits per heavy atom. The van der Waals surface area contributed by atoms with Gasteiger partial charge in [0.15, 0.2) is 17.4 Å². The maximum absolute atomic E-state index is 12.2. The molecule has 1 fully saturated rings. The molecule has 6 N–H and O–H groups in total. The van der Waals surface area contributed by atoms with Crippen molar-refractivity contribution in [2.75, 3.05) is 12.3 Å². The number of imidazole rings is 1. The van der Waals surface area contributed by atoms with E-state index in [1.54, 1.807) is 0 Å². The van der Waals surface area contributed by atoms with Crippen LogP contribution in [0.15, 0.2) is 35.1 Å². The zero-order valence-electron chi connectivity index (χ0n) is 14.6. The number of hydrogen-bond acceptors (Lipinski definition) is 9. The number of anilines is 1. The summed E-state index contributed by atoms with van der Waals surface area (Å²) >= 11 is 0. The molecule has 0 spiro atoms. The van der Waals surface area contributed by atoms with Crippen molar-refractivity contribution < 1.29 is 24.8 Å². The van der Waals surface area contributed by atoms with Gasteiger partial charge >= 0.3 is 6.01 Å². The van der Waals surface area contributed by atoms with Gasteiger partial charge in [-0.05, 0) is 5.56 Å². The lowest BCUT2D eigenvalue weighted by Gasteiger charge is -2.19. The third-order valence-corrected chi connectivity index (χ3v) is 4.52. The van der Waals surface area contributed by atoms with Crippen molar-refractivity contribution in [1.82, 2.24) is 19.5 Å². The highest BCUT2D eigenvalue weighted by atomic mass is 16.6. The van der Waals surface area contributed by atoms with Gasteiger partial charge in [-0.3, -0.25) is 9.78 Å². The highest BCUT2D eigenvalue weighted by Gasteiger charge is 2.45. The molecule has 0 bridgehead atoms. The molecule has 3 aromatic rings. The molecule has 4 rings (SSSR count). The molecule has 1 saturated heterocycles. The van der Waals surface area contributed by atoms with Gasteiger partial charge in [0.05, 0.1) is 6.61 Å². The van der Waals surface area contributed by atoms with Crippen LogP contribution in [0.2, 0.25) is 0 Å². The first-order valence-electron chi connectivity index (χ1n) is 8.56. The molecular weight excluding hydrogens is 370 g/mol. The molecule has 3 heterocycles. The summed E-state index contributed by atoms with van der Waals surface area (Å²) in [5, 5.41) is 29.8. The Kier molecular flexibility index (Phi) is 4.73. The third kappa shape index (κ3) is 3.10. The molecule has 0 amide bonds. The molecule has 4 atom stereocenters. The number of aliphatic hydroxyl groups is 3. The number of hydrogen-bond donors (Lipinski definition) is 5. The van der Waals surface area contributed by atoms with Crippen LogP contribution in [0.3, 0.4) is 0 Å². The average Bonchev–Trinajstić information content (AvgIpc) is 3.18. The van der Waals surface area contributed by atoms with Gasteiger partial charge in [0.1, 0.15) is 24.9 Å². The Bertz CT molecular complexity index is 1040. The fourth-order valence-corrected chi connectivity index (χ4v) is 3.13. The number of ether oxygens (including phenoxy) is 2. The molecule has 1 aliphatic heterocycles. The smallest absolute Gasteiger partial charge is 0.301 e. The van der Waals surface area contributed by atoms with Gasteiger partial charge < -0.3 is 30.5 Å². The number of fused-ring (bicyclic) bond motifs is 1. The van der Waals surface area contributed by atoms with Crippen molar-refractivity contribution in [2.45, 2.75) is 31.1 Å². The Hall–Kier alpha value is -2.99. The van der Waals surface area contributed by atoms with E-state index in [2.05, 4.69) is 15.0 Å². The number of aromatic nitrogens is 4. The standard InChI is InChI=1S/C17H19N5O6/c18-16-20-13-10(14(26)21-16)19-17(27-7-8-4-2-1-3-5-8)22(13)15-12(25)11(24)9(6-23)28-15/h1-5,9,11-12,15,23-25H,6-7H2,(H3,18,20,21,26)/t9-,11+,12-,15-/m1/s1. The van der Waals surface area contributed by atoms with Gasteiger partial charge in [0, 0.05) is 0 Å². The van der Waals surface area contributed by atoms with Gasteiger partial charge in [0.25, 0.3) is 5.56 Å². The molecule has 28 heavy (non-hydrogen) atoms. The van der Waals surface area contributed by atoms with Gasteiger partial charge in [-0.25, -0.2) is 4.57 Å². The number of benzene rings is 1. The van der Waals surface area contributed by atoms with E-state index >= 15 is 0 Å². The number of aromatic amines is 1. The second kappa shape index (κ2) is 7.20. The largest absolute Gasteiger partial charge is 0.460 e. The lowest BCUT2D eigenvalue weighted by Crippen LogP contribution is -2.33. The first kappa shape index (κ1) is 18.4. The predicted octanol–water partition coefficient (Wildman–Crippen LogP) is -1.11. The van der Waals surface area contributed by atoms with Gasteiger partial charge in [-0.2, -0.15) is 9.97 Å². The molecule has 1 aromatic carbocycles. The van der Waals surface area contributed by atoms with Crippen molar-refractivity contribution in [1.29, 1.82) is 0 Å². The summed E-state index contributed by atoms with van der Waals surface area (Å²) in [6.07, 6.45) is -4.94. The van der Waals surface area contributed by atoms with Gasteiger partial charge in [0.2, 0.25) is 5.95 Å². The fourth-order valence-electron chi connectivity index (χ4n) is 3.13. The topological polar surface area (TPSA) is 169 Å². The van der Waals surface area contributed by atoms with Crippen molar-refractivity contribution >= 4 is 17.1 Å². The molecule has 2 aromatic heterocycles. The normalized spacial score (nSPS) is 24.7. The molecule has 11 nitrogen and oxygen atoms in total. The zero-order valence-corrected chi connectivity index (χ0v) is 14.6. The lowest BCUT2D eigenvalue weighted by atomic mass is 10.1. The predicted molar refractivity (Wildman–Crippen MR) is 96.3 cm³/mol. The van der Waals surface area contributed by atoms with E-state index in [-0.39, 0.29) is 29.7 Å². The molecule has 1 aliphatic rings. The number of nitrogens with one attached hydrogen (secondary N) is 1. The van der Waals surface area contributed by atoms with Crippen LogP contribution in [-0.2, 0) is 11.3 Å². The van der Waals surface area contributed by atoms with Crippen LogP contribution in [0, 0.1) is 0 Å². The van der Waals surface area contributed by atoms with Crippen molar-refractivity contribution in [3.8, 4) is 6.01 Å². The highest BCUT2D eigenvalue weighted by molar-refractivity contribution is 5.72. The molecular formula is C17H19N5O6. The number of aliphatic hydroxyl groups excluding tert-OH is 3. The Morgan fingerprint density at radius 2 is 1.96 bits per heavy atom. The minimum absolute atomic E-state index is 0.0270. The maximum Gasteiger partial charge on any atom is 0.301 e. The minimum Gasteiger partial charge on any atom is -0.460 e. The van der Waals surface area contributed by atoms with E-state index in [9.17, 15) is 20.1 Å². The molecule has 0 radical (unpaired) electrons. The highest BCUT2D eigenvalue weighted by Crippen LogP contribution is 2.34. The summed E-state index contributed by atoms with van der Waals surface area (Å²) in [6.45, 7) is -0.371. The van der Waals surface area contributed by atoms with E-state index in [4.69, 9.17) is 15.2 Å². The summed E-state index contributed by atoms with van der Waals surface area (Å²) in [5.74, 6) is -0.153. The third-order valence-electron chi connectivity index (χ3n) is 4.52. The average molecular weight is 389 g/mol. The number of rotatable bonds is 5. The zero-order chi connectivity index (χ0) is 19.8. The molecule has 11 heteroatoms. The summed E-state index contributed by atoms with van der Waals surface area (Å²) in [4.78, 5) is 22.8. The van der Waals surface area contributed by atoms with Crippen LogP contribution in [0.1, 0.15) is 11.8 Å². The quantitative estimate of drug-likeness (QED) is 0.363. The number of nitrogen functional groups attached to an aromatic ring is 1. The van der Waals surface area contributed by atoms with Crippen LogP contribution >= 0.6 is 0 Å². The summed E-state index contributed by atoms with van der Waals surface area (Å²) in [6, 6.07) is 9.22. The number of nitrogens with two attached hydrogens (primary N) is 1. The van der Waals surface area contributed by atoms with Crippen molar-refractivity contribution in [3.05, 3.63) is 46.2 Å². The molecule has 0 aliphatic carbocycles.